The van der Waals surface area contributed by atoms with E-state index in [1.165, 1.54) is 50.2 Å². The Bertz CT molecular complexity index is 408. The average molecular weight is 291 g/mol. The normalized spacial score (nSPS) is 21.1. The lowest BCUT2D eigenvalue weighted by Crippen LogP contribution is -2.36. The zero-order valence-corrected chi connectivity index (χ0v) is 13.2. The number of likely N-dealkylation sites (tertiary alicyclic amines) is 1. The molecule has 0 aromatic heterocycles. The highest BCUT2D eigenvalue weighted by molar-refractivity contribution is 7.98. The van der Waals surface area contributed by atoms with Crippen molar-refractivity contribution in [1.29, 1.82) is 0 Å². The molecule has 110 valence electrons. The third-order valence-electron chi connectivity index (χ3n) is 4.47. The molecule has 0 N–H and O–H groups in total. The summed E-state index contributed by atoms with van der Waals surface area (Å²) < 4.78 is 5.95. The van der Waals surface area contributed by atoms with E-state index in [4.69, 9.17) is 4.74 Å². The second kappa shape index (κ2) is 6.86. The molecular weight excluding hydrogens is 266 g/mol. The number of benzene rings is 1. The van der Waals surface area contributed by atoms with E-state index in [9.17, 15) is 0 Å². The molecule has 2 nitrogen and oxygen atoms in total. The maximum atomic E-state index is 5.95. The Kier molecular flexibility index (Phi) is 4.90. The predicted molar refractivity (Wildman–Crippen MR) is 85.6 cm³/mol. The van der Waals surface area contributed by atoms with Gasteiger partial charge in [0.2, 0.25) is 0 Å². The van der Waals surface area contributed by atoms with Crippen LogP contribution in [0.5, 0.6) is 5.75 Å². The van der Waals surface area contributed by atoms with Gasteiger partial charge in [-0.3, -0.25) is 0 Å². The molecule has 0 radical (unpaired) electrons. The standard InChI is InChI=1S/C17H25NOS/c1-20-17-6-4-16(5-7-17)19-13-15-8-10-18(11-9-15)12-14-2-3-14/h4-7,14-15H,2-3,8-13H2,1H3. The summed E-state index contributed by atoms with van der Waals surface area (Å²) in [5.74, 6) is 2.78. The Hall–Kier alpha value is -0.670. The highest BCUT2D eigenvalue weighted by Crippen LogP contribution is 2.31. The lowest BCUT2D eigenvalue weighted by molar-refractivity contribution is 0.138. The largest absolute Gasteiger partial charge is 0.493 e. The van der Waals surface area contributed by atoms with Crippen LogP contribution in [0.4, 0.5) is 0 Å². The van der Waals surface area contributed by atoms with E-state index in [0.29, 0.717) is 0 Å². The van der Waals surface area contributed by atoms with E-state index in [1.54, 1.807) is 11.8 Å². The number of nitrogens with zero attached hydrogens (tertiary/aromatic N) is 1. The summed E-state index contributed by atoms with van der Waals surface area (Å²) in [7, 11) is 0. The number of hydrogen-bond donors (Lipinski definition) is 0. The van der Waals surface area contributed by atoms with Crippen molar-refractivity contribution in [1.82, 2.24) is 4.90 Å². The third kappa shape index (κ3) is 4.16. The van der Waals surface area contributed by atoms with E-state index < -0.39 is 0 Å². The van der Waals surface area contributed by atoms with Crippen molar-refractivity contribution in [3.8, 4) is 5.75 Å². The summed E-state index contributed by atoms with van der Waals surface area (Å²) in [5.41, 5.74) is 0. The van der Waals surface area contributed by atoms with Gasteiger partial charge in [-0.2, -0.15) is 0 Å². The van der Waals surface area contributed by atoms with Crippen molar-refractivity contribution in [3.63, 3.8) is 0 Å². The Morgan fingerprint density at radius 2 is 1.75 bits per heavy atom. The monoisotopic (exact) mass is 291 g/mol. The number of thioether (sulfide) groups is 1. The van der Waals surface area contributed by atoms with Crippen LogP contribution in [0.25, 0.3) is 0 Å². The predicted octanol–water partition coefficient (Wildman–Crippen LogP) is 3.91. The molecule has 2 aliphatic rings. The van der Waals surface area contributed by atoms with Crippen LogP contribution in [0.1, 0.15) is 25.7 Å². The first-order chi connectivity index (χ1) is 9.83. The quantitative estimate of drug-likeness (QED) is 0.737. The summed E-state index contributed by atoms with van der Waals surface area (Å²) in [6.45, 7) is 4.78. The molecule has 1 aliphatic heterocycles. The minimum absolute atomic E-state index is 0.741. The summed E-state index contributed by atoms with van der Waals surface area (Å²) in [6, 6.07) is 8.46. The maximum absolute atomic E-state index is 5.95. The summed E-state index contributed by atoms with van der Waals surface area (Å²) in [6.07, 6.45) is 7.64. The van der Waals surface area contributed by atoms with Crippen LogP contribution in [0.3, 0.4) is 0 Å². The van der Waals surface area contributed by atoms with Crippen LogP contribution < -0.4 is 4.74 Å². The lowest BCUT2D eigenvalue weighted by Gasteiger charge is -2.31. The zero-order valence-electron chi connectivity index (χ0n) is 12.4. The van der Waals surface area contributed by atoms with Crippen LogP contribution in [0.15, 0.2) is 29.2 Å². The second-order valence-corrected chi connectivity index (χ2v) is 7.05. The van der Waals surface area contributed by atoms with E-state index in [-0.39, 0.29) is 0 Å². The smallest absolute Gasteiger partial charge is 0.119 e. The van der Waals surface area contributed by atoms with Crippen LogP contribution in [0, 0.1) is 11.8 Å². The van der Waals surface area contributed by atoms with E-state index in [0.717, 1.165) is 24.2 Å². The van der Waals surface area contributed by atoms with Gasteiger partial charge in [0.25, 0.3) is 0 Å². The molecule has 20 heavy (non-hydrogen) atoms. The Morgan fingerprint density at radius 1 is 1.05 bits per heavy atom. The highest BCUT2D eigenvalue weighted by atomic mass is 32.2. The van der Waals surface area contributed by atoms with E-state index >= 15 is 0 Å². The van der Waals surface area contributed by atoms with Gasteiger partial charge in [0, 0.05) is 11.4 Å². The van der Waals surface area contributed by atoms with Crippen molar-refractivity contribution in [2.45, 2.75) is 30.6 Å². The topological polar surface area (TPSA) is 12.5 Å². The molecule has 1 heterocycles. The SMILES string of the molecule is CSc1ccc(OCC2CCN(CC3CC3)CC2)cc1. The average Bonchev–Trinajstić information content (AvgIpc) is 3.31. The molecule has 0 amide bonds. The number of hydrogen-bond acceptors (Lipinski definition) is 3. The molecule has 1 aromatic carbocycles. The molecule has 0 spiro atoms. The zero-order chi connectivity index (χ0) is 13.8. The number of piperidine rings is 1. The van der Waals surface area contributed by atoms with Gasteiger partial charge in [-0.15, -0.1) is 11.8 Å². The molecule has 3 rings (SSSR count). The van der Waals surface area contributed by atoms with Gasteiger partial charge in [0.15, 0.2) is 0 Å². The highest BCUT2D eigenvalue weighted by Gasteiger charge is 2.27. The van der Waals surface area contributed by atoms with Gasteiger partial charge in [0.1, 0.15) is 5.75 Å². The molecule has 1 aliphatic carbocycles. The Labute approximate surface area is 126 Å². The Morgan fingerprint density at radius 3 is 2.35 bits per heavy atom. The third-order valence-corrected chi connectivity index (χ3v) is 5.21. The van der Waals surface area contributed by atoms with Crippen molar-refractivity contribution in [3.05, 3.63) is 24.3 Å². The van der Waals surface area contributed by atoms with Crippen LogP contribution in [0.2, 0.25) is 0 Å². The van der Waals surface area contributed by atoms with Crippen LogP contribution in [-0.2, 0) is 0 Å². The minimum Gasteiger partial charge on any atom is -0.493 e. The van der Waals surface area contributed by atoms with Gasteiger partial charge >= 0.3 is 0 Å². The fraction of sp³-hybridized carbons (Fsp3) is 0.647. The van der Waals surface area contributed by atoms with Gasteiger partial charge in [-0.05, 0) is 81.1 Å². The summed E-state index contributed by atoms with van der Waals surface area (Å²) in [5, 5.41) is 0. The molecule has 0 unspecified atom stereocenters. The molecule has 1 saturated heterocycles. The Balaban J connectivity index is 1.38. The van der Waals surface area contributed by atoms with Crippen molar-refractivity contribution in [2.24, 2.45) is 11.8 Å². The van der Waals surface area contributed by atoms with Crippen molar-refractivity contribution >= 4 is 11.8 Å². The molecule has 2 fully saturated rings. The molecule has 0 bridgehead atoms. The fourth-order valence-corrected chi connectivity index (χ4v) is 3.30. The minimum atomic E-state index is 0.741. The fourth-order valence-electron chi connectivity index (χ4n) is 2.89. The van der Waals surface area contributed by atoms with E-state index in [1.807, 2.05) is 0 Å². The summed E-state index contributed by atoms with van der Waals surface area (Å²) in [4.78, 5) is 3.95. The van der Waals surface area contributed by atoms with Crippen LogP contribution >= 0.6 is 11.8 Å². The number of ether oxygens (including phenoxy) is 1. The van der Waals surface area contributed by atoms with Gasteiger partial charge in [-0.25, -0.2) is 0 Å². The van der Waals surface area contributed by atoms with Gasteiger partial charge in [-0.1, -0.05) is 0 Å². The molecular formula is C17H25NOS. The number of rotatable bonds is 6. The van der Waals surface area contributed by atoms with Crippen molar-refractivity contribution in [2.75, 3.05) is 32.5 Å². The van der Waals surface area contributed by atoms with Crippen LogP contribution in [-0.4, -0.2) is 37.4 Å². The molecule has 1 saturated carbocycles. The van der Waals surface area contributed by atoms with Gasteiger partial charge < -0.3 is 9.64 Å². The maximum Gasteiger partial charge on any atom is 0.119 e. The van der Waals surface area contributed by atoms with E-state index in [2.05, 4.69) is 35.4 Å². The first-order valence-corrected chi connectivity index (χ1v) is 9.05. The lowest BCUT2D eigenvalue weighted by atomic mass is 9.97. The van der Waals surface area contributed by atoms with Crippen molar-refractivity contribution < 1.29 is 4.74 Å². The molecule has 0 atom stereocenters. The molecule has 1 aromatic rings. The first-order valence-electron chi connectivity index (χ1n) is 7.82. The van der Waals surface area contributed by atoms with Gasteiger partial charge in [0.05, 0.1) is 6.61 Å². The second-order valence-electron chi connectivity index (χ2n) is 6.17. The summed E-state index contributed by atoms with van der Waals surface area (Å²) >= 11 is 1.77. The molecule has 3 heteroatoms. The first kappa shape index (κ1) is 14.3.